The van der Waals surface area contributed by atoms with E-state index in [4.69, 9.17) is 12.2 Å². The average Bonchev–Trinajstić information content (AvgIpc) is 2.85. The molecule has 1 amide bonds. The molecular weight excluding hydrogens is 248 g/mol. The first kappa shape index (κ1) is 11.6. The van der Waals surface area contributed by atoms with Gasteiger partial charge in [-0.1, -0.05) is 30.3 Å². The molecule has 0 saturated carbocycles. The van der Waals surface area contributed by atoms with E-state index in [0.717, 1.165) is 12.0 Å². The van der Waals surface area contributed by atoms with Gasteiger partial charge in [0.1, 0.15) is 0 Å². The molecule has 0 aliphatic carbocycles. The number of aliphatic hydroxyl groups is 1. The van der Waals surface area contributed by atoms with Crippen molar-refractivity contribution < 1.29 is 9.90 Å². The molecule has 4 nitrogen and oxygen atoms in total. The van der Waals surface area contributed by atoms with Crippen molar-refractivity contribution in [2.75, 3.05) is 6.54 Å². The Balaban J connectivity index is 1.87. The van der Waals surface area contributed by atoms with E-state index in [2.05, 4.69) is 0 Å². The van der Waals surface area contributed by atoms with Gasteiger partial charge in [-0.15, -0.1) is 0 Å². The van der Waals surface area contributed by atoms with Crippen LogP contribution in [0.5, 0.6) is 0 Å². The van der Waals surface area contributed by atoms with Crippen molar-refractivity contribution in [2.45, 2.75) is 25.1 Å². The van der Waals surface area contributed by atoms with Crippen molar-refractivity contribution in [3.63, 3.8) is 0 Å². The lowest BCUT2D eigenvalue weighted by atomic mass is 10.1. The zero-order valence-corrected chi connectivity index (χ0v) is 10.7. The fourth-order valence-corrected chi connectivity index (χ4v) is 3.02. The van der Waals surface area contributed by atoms with Crippen LogP contribution in [-0.2, 0) is 11.3 Å². The number of rotatable bonds is 2. The second-order valence-electron chi connectivity index (χ2n) is 4.73. The molecule has 2 aliphatic rings. The highest BCUT2D eigenvalue weighted by Crippen LogP contribution is 2.36. The van der Waals surface area contributed by atoms with E-state index in [1.54, 1.807) is 4.90 Å². The molecule has 2 fully saturated rings. The van der Waals surface area contributed by atoms with Gasteiger partial charge in [-0.25, -0.2) is 0 Å². The Kier molecular flexibility index (Phi) is 2.60. The van der Waals surface area contributed by atoms with Crippen molar-refractivity contribution >= 4 is 23.2 Å². The molecule has 0 aromatic heterocycles. The molecule has 94 valence electrons. The van der Waals surface area contributed by atoms with Gasteiger partial charge in [0, 0.05) is 13.0 Å². The number of hydrogen-bond donors (Lipinski definition) is 1. The molecule has 2 aliphatic heterocycles. The van der Waals surface area contributed by atoms with Crippen molar-refractivity contribution in [3.8, 4) is 0 Å². The molecule has 5 heteroatoms. The monoisotopic (exact) mass is 262 g/mol. The fourth-order valence-electron chi connectivity index (χ4n) is 2.63. The Morgan fingerprint density at radius 1 is 1.33 bits per heavy atom. The van der Waals surface area contributed by atoms with Gasteiger partial charge in [-0.05, 0) is 24.2 Å². The number of hydrogen-bond acceptors (Lipinski definition) is 3. The largest absolute Gasteiger partial charge is 0.363 e. The van der Waals surface area contributed by atoms with Crippen LogP contribution < -0.4 is 0 Å². The number of amides is 1. The number of fused-ring (bicyclic) bond motifs is 1. The number of carbonyl (C=O) groups is 1. The maximum absolute atomic E-state index is 12.3. The molecule has 0 radical (unpaired) electrons. The molecule has 1 atom stereocenters. The van der Waals surface area contributed by atoms with E-state index in [-0.39, 0.29) is 5.91 Å². The Morgan fingerprint density at radius 3 is 2.72 bits per heavy atom. The smallest absolute Gasteiger partial charge is 0.282 e. The number of carbonyl (C=O) groups excluding carboxylic acids is 1. The predicted molar refractivity (Wildman–Crippen MR) is 70.5 cm³/mol. The summed E-state index contributed by atoms with van der Waals surface area (Å²) in [6, 6.07) is 9.68. The minimum absolute atomic E-state index is 0.283. The van der Waals surface area contributed by atoms with Gasteiger partial charge < -0.3 is 10.0 Å². The van der Waals surface area contributed by atoms with Crippen molar-refractivity contribution in [3.05, 3.63) is 35.9 Å². The fraction of sp³-hybridized carbons (Fsp3) is 0.385. The lowest BCUT2D eigenvalue weighted by molar-refractivity contribution is -0.150. The summed E-state index contributed by atoms with van der Waals surface area (Å²) in [5.41, 5.74) is -0.371. The summed E-state index contributed by atoms with van der Waals surface area (Å²) in [7, 11) is 0. The zero-order valence-electron chi connectivity index (χ0n) is 9.87. The molecule has 2 saturated heterocycles. The Morgan fingerprint density at radius 2 is 2.06 bits per heavy atom. The summed E-state index contributed by atoms with van der Waals surface area (Å²) in [5, 5.41) is 10.8. The van der Waals surface area contributed by atoms with Crippen LogP contribution in [0.15, 0.2) is 30.3 Å². The SMILES string of the molecule is O=C1N(Cc2ccccc2)C(=S)N2CCCC12O. The van der Waals surface area contributed by atoms with E-state index in [1.807, 2.05) is 30.3 Å². The van der Waals surface area contributed by atoms with Gasteiger partial charge in [0.25, 0.3) is 5.91 Å². The topological polar surface area (TPSA) is 43.8 Å². The van der Waals surface area contributed by atoms with Crippen LogP contribution in [0.3, 0.4) is 0 Å². The van der Waals surface area contributed by atoms with Crippen LogP contribution in [-0.4, -0.2) is 38.2 Å². The predicted octanol–water partition coefficient (Wildman–Crippen LogP) is 1.10. The minimum atomic E-state index is -1.38. The minimum Gasteiger partial charge on any atom is -0.363 e. The van der Waals surface area contributed by atoms with Crippen LogP contribution >= 0.6 is 12.2 Å². The molecule has 0 spiro atoms. The first-order valence-electron chi connectivity index (χ1n) is 6.03. The van der Waals surface area contributed by atoms with Gasteiger partial charge >= 0.3 is 0 Å². The normalized spacial score (nSPS) is 26.9. The van der Waals surface area contributed by atoms with Crippen LogP contribution in [0.25, 0.3) is 0 Å². The van der Waals surface area contributed by atoms with Crippen LogP contribution in [0.4, 0.5) is 0 Å². The Labute approximate surface area is 111 Å². The molecular formula is C13H14N2O2S. The van der Waals surface area contributed by atoms with Crippen molar-refractivity contribution in [1.82, 2.24) is 9.80 Å². The molecule has 0 bridgehead atoms. The lowest BCUT2D eigenvalue weighted by Gasteiger charge is -2.22. The first-order valence-corrected chi connectivity index (χ1v) is 6.43. The third-order valence-electron chi connectivity index (χ3n) is 3.59. The van der Waals surface area contributed by atoms with Gasteiger partial charge in [0.2, 0.25) is 5.72 Å². The molecule has 3 rings (SSSR count). The third-order valence-corrected chi connectivity index (χ3v) is 4.03. The second kappa shape index (κ2) is 4.03. The van der Waals surface area contributed by atoms with Crippen molar-refractivity contribution in [1.29, 1.82) is 0 Å². The Hall–Kier alpha value is -1.46. The molecule has 2 heterocycles. The van der Waals surface area contributed by atoms with Gasteiger partial charge in [0.15, 0.2) is 5.11 Å². The summed E-state index contributed by atoms with van der Waals surface area (Å²) >= 11 is 5.30. The molecule has 1 unspecified atom stereocenters. The van der Waals surface area contributed by atoms with Gasteiger partial charge in [-0.3, -0.25) is 9.69 Å². The number of thiocarbonyl (C=S) groups is 1. The zero-order chi connectivity index (χ0) is 12.8. The second-order valence-corrected chi connectivity index (χ2v) is 5.10. The maximum atomic E-state index is 12.3. The standard InChI is InChI=1S/C13H14N2O2S/c16-11-13(17)7-4-8-15(13)12(18)14(11)9-10-5-2-1-3-6-10/h1-3,5-6,17H,4,7-9H2. The third kappa shape index (κ3) is 1.54. The van der Waals surface area contributed by atoms with E-state index in [1.165, 1.54) is 4.90 Å². The van der Waals surface area contributed by atoms with Gasteiger partial charge in [0.05, 0.1) is 6.54 Å². The average molecular weight is 262 g/mol. The van der Waals surface area contributed by atoms with Gasteiger partial charge in [-0.2, -0.15) is 0 Å². The Bertz CT molecular complexity index is 505. The number of nitrogens with zero attached hydrogens (tertiary/aromatic N) is 2. The number of benzene rings is 1. The quantitative estimate of drug-likeness (QED) is 0.811. The highest BCUT2D eigenvalue weighted by molar-refractivity contribution is 7.80. The highest BCUT2D eigenvalue weighted by Gasteiger charge is 2.56. The van der Waals surface area contributed by atoms with Crippen LogP contribution in [0, 0.1) is 0 Å². The van der Waals surface area contributed by atoms with Crippen LogP contribution in [0.2, 0.25) is 0 Å². The van der Waals surface area contributed by atoms with Crippen LogP contribution in [0.1, 0.15) is 18.4 Å². The van der Waals surface area contributed by atoms with E-state index in [0.29, 0.717) is 24.6 Å². The summed E-state index contributed by atoms with van der Waals surface area (Å²) in [4.78, 5) is 15.4. The summed E-state index contributed by atoms with van der Waals surface area (Å²) < 4.78 is 0. The molecule has 1 aromatic rings. The summed E-state index contributed by atoms with van der Waals surface area (Å²) in [5.74, 6) is -0.283. The van der Waals surface area contributed by atoms with E-state index in [9.17, 15) is 9.90 Å². The van der Waals surface area contributed by atoms with E-state index < -0.39 is 5.72 Å². The molecule has 1 aromatic carbocycles. The maximum Gasteiger partial charge on any atom is 0.282 e. The molecule has 18 heavy (non-hydrogen) atoms. The summed E-state index contributed by atoms with van der Waals surface area (Å²) in [6.45, 7) is 1.09. The summed E-state index contributed by atoms with van der Waals surface area (Å²) in [6.07, 6.45) is 1.28. The first-order chi connectivity index (χ1) is 8.63. The van der Waals surface area contributed by atoms with E-state index >= 15 is 0 Å². The molecule has 1 N–H and O–H groups in total. The lowest BCUT2D eigenvalue weighted by Crippen LogP contribution is -2.44. The van der Waals surface area contributed by atoms with Crippen molar-refractivity contribution in [2.24, 2.45) is 0 Å². The highest BCUT2D eigenvalue weighted by atomic mass is 32.1.